The minimum Gasteiger partial charge on any atom is -0.294 e. The van der Waals surface area contributed by atoms with Crippen molar-refractivity contribution in [2.75, 3.05) is 4.72 Å². The second-order valence-corrected chi connectivity index (χ2v) is 9.73. The molecule has 0 unspecified atom stereocenters. The first-order valence-corrected chi connectivity index (χ1v) is 11.5. The topological polar surface area (TPSA) is 68.2 Å². The summed E-state index contributed by atoms with van der Waals surface area (Å²) in [5.41, 5.74) is 2.95. The van der Waals surface area contributed by atoms with Crippen LogP contribution in [0.2, 0.25) is 5.02 Å². The zero-order valence-electron chi connectivity index (χ0n) is 15.4. The summed E-state index contributed by atoms with van der Waals surface area (Å²) in [5.74, 6) is 0. The molecule has 3 aromatic carbocycles. The van der Waals surface area contributed by atoms with Crippen molar-refractivity contribution in [1.29, 1.82) is 0 Å². The normalized spacial score (nSPS) is 11.7. The molecule has 0 spiro atoms. The second-order valence-electron chi connectivity index (χ2n) is 6.65. The van der Waals surface area contributed by atoms with Gasteiger partial charge in [0.25, 0.3) is 10.0 Å². The molecule has 0 atom stereocenters. The van der Waals surface area contributed by atoms with Crippen LogP contribution >= 0.6 is 22.9 Å². The Kier molecular flexibility index (Phi) is 5.21. The Balaban J connectivity index is 1.70. The molecule has 0 amide bonds. The lowest BCUT2D eigenvalue weighted by Crippen LogP contribution is -2.14. The molecule has 4 rings (SSSR count). The van der Waals surface area contributed by atoms with Crippen molar-refractivity contribution >= 4 is 48.9 Å². The first kappa shape index (κ1) is 19.7. The lowest BCUT2D eigenvalue weighted by molar-refractivity contribution is 0.601. The minimum absolute atomic E-state index is 0.109. The number of hydrogen-bond donors (Lipinski definition) is 1. The molecule has 0 aliphatic heterocycles. The fourth-order valence-electron chi connectivity index (χ4n) is 3.08. The van der Waals surface area contributed by atoms with Crippen LogP contribution in [0.1, 0.15) is 11.1 Å². The average Bonchev–Trinajstić information content (AvgIpc) is 2.98. The maximum Gasteiger partial charge on any atom is 0.308 e. The Labute approximate surface area is 177 Å². The average molecular weight is 445 g/mol. The molecule has 0 saturated carbocycles. The van der Waals surface area contributed by atoms with Gasteiger partial charge in [-0.15, -0.1) is 0 Å². The first-order valence-electron chi connectivity index (χ1n) is 8.80. The van der Waals surface area contributed by atoms with Gasteiger partial charge < -0.3 is 0 Å². The summed E-state index contributed by atoms with van der Waals surface area (Å²) in [5, 5.41) is 0.584. The summed E-state index contributed by atoms with van der Waals surface area (Å²) >= 11 is 7.23. The quantitative estimate of drug-likeness (QED) is 0.477. The zero-order valence-corrected chi connectivity index (χ0v) is 17.8. The van der Waals surface area contributed by atoms with E-state index in [2.05, 4.69) is 4.72 Å². The van der Waals surface area contributed by atoms with Gasteiger partial charge >= 0.3 is 4.87 Å². The fraction of sp³-hybridized carbons (Fsp3) is 0.0952. The lowest BCUT2D eigenvalue weighted by atomic mass is 10.2. The van der Waals surface area contributed by atoms with Crippen LogP contribution in [-0.2, 0) is 16.6 Å². The van der Waals surface area contributed by atoms with Crippen molar-refractivity contribution in [2.24, 2.45) is 0 Å². The van der Waals surface area contributed by atoms with E-state index in [9.17, 15) is 13.2 Å². The van der Waals surface area contributed by atoms with Crippen molar-refractivity contribution < 1.29 is 8.42 Å². The highest BCUT2D eigenvalue weighted by atomic mass is 35.5. The molecule has 0 bridgehead atoms. The number of nitrogens with one attached hydrogen (secondary N) is 1. The Bertz CT molecular complexity index is 1370. The number of fused-ring (bicyclic) bond motifs is 1. The summed E-state index contributed by atoms with van der Waals surface area (Å²) in [6.07, 6.45) is 0. The fourth-order valence-corrected chi connectivity index (χ4v) is 5.36. The summed E-state index contributed by atoms with van der Waals surface area (Å²) in [6, 6.07) is 19.2. The van der Waals surface area contributed by atoms with Gasteiger partial charge in [-0.25, -0.2) is 8.42 Å². The Morgan fingerprint density at radius 3 is 2.59 bits per heavy atom. The number of thiazole rings is 1. The molecular formula is C21H17ClN2O3S2. The van der Waals surface area contributed by atoms with E-state index < -0.39 is 10.0 Å². The van der Waals surface area contributed by atoms with E-state index in [1.165, 1.54) is 12.1 Å². The van der Waals surface area contributed by atoms with Gasteiger partial charge in [0.15, 0.2) is 0 Å². The molecule has 4 aromatic rings. The van der Waals surface area contributed by atoms with Gasteiger partial charge in [-0.2, -0.15) is 0 Å². The number of aryl methyl sites for hydroxylation is 1. The van der Waals surface area contributed by atoms with Crippen LogP contribution in [0.15, 0.2) is 76.4 Å². The predicted molar refractivity (Wildman–Crippen MR) is 119 cm³/mol. The third kappa shape index (κ3) is 4.07. The highest BCUT2D eigenvalue weighted by Gasteiger charge is 2.17. The Morgan fingerprint density at radius 2 is 1.83 bits per heavy atom. The molecule has 1 heterocycles. The molecule has 0 radical (unpaired) electrons. The number of nitrogens with zero attached hydrogens (tertiary/aromatic N) is 1. The van der Waals surface area contributed by atoms with Crippen LogP contribution in [-0.4, -0.2) is 13.0 Å². The summed E-state index contributed by atoms with van der Waals surface area (Å²) in [6.45, 7) is 2.22. The van der Waals surface area contributed by atoms with E-state index in [4.69, 9.17) is 11.6 Å². The maximum absolute atomic E-state index is 12.8. The van der Waals surface area contributed by atoms with Gasteiger partial charge in [-0.05, 0) is 54.4 Å². The van der Waals surface area contributed by atoms with E-state index in [0.29, 0.717) is 27.5 Å². The first-order chi connectivity index (χ1) is 13.8. The second kappa shape index (κ2) is 7.67. The zero-order chi connectivity index (χ0) is 20.6. The van der Waals surface area contributed by atoms with Crippen molar-refractivity contribution in [1.82, 2.24) is 4.57 Å². The van der Waals surface area contributed by atoms with Crippen molar-refractivity contribution in [3.8, 4) is 0 Å². The van der Waals surface area contributed by atoms with Crippen LogP contribution in [0.4, 0.5) is 5.69 Å². The number of benzene rings is 3. The Hall–Kier alpha value is -2.61. The summed E-state index contributed by atoms with van der Waals surface area (Å²) in [7, 11) is -3.77. The number of rotatable bonds is 5. The third-order valence-corrected chi connectivity index (χ3v) is 7.20. The van der Waals surface area contributed by atoms with E-state index in [0.717, 1.165) is 22.5 Å². The monoisotopic (exact) mass is 444 g/mol. The van der Waals surface area contributed by atoms with Crippen molar-refractivity contribution in [3.63, 3.8) is 0 Å². The van der Waals surface area contributed by atoms with Crippen molar-refractivity contribution in [2.45, 2.75) is 18.4 Å². The molecule has 148 valence electrons. The molecule has 5 nitrogen and oxygen atoms in total. The molecule has 0 fully saturated rings. The van der Waals surface area contributed by atoms with Gasteiger partial charge in [-0.1, -0.05) is 53.3 Å². The summed E-state index contributed by atoms with van der Waals surface area (Å²) < 4.78 is 30.3. The minimum atomic E-state index is -3.77. The van der Waals surface area contributed by atoms with Crippen LogP contribution in [0.5, 0.6) is 0 Å². The van der Waals surface area contributed by atoms with Gasteiger partial charge in [0, 0.05) is 10.7 Å². The van der Waals surface area contributed by atoms with Gasteiger partial charge in [0.1, 0.15) is 0 Å². The van der Waals surface area contributed by atoms with E-state index in [1.807, 2.05) is 31.2 Å². The van der Waals surface area contributed by atoms with Gasteiger partial charge in [0.2, 0.25) is 0 Å². The standard InChI is InChI=1S/C21H17ClN2O3S2/c1-14-5-4-7-16(11-14)23-29(26,27)17-9-10-19-20(12-17)28-21(25)24(19)13-15-6-2-3-8-18(15)22/h2-12,23H,13H2,1H3. The highest BCUT2D eigenvalue weighted by Crippen LogP contribution is 2.25. The number of aromatic nitrogens is 1. The SMILES string of the molecule is Cc1cccc(NS(=O)(=O)c2ccc3c(c2)sc(=O)n3Cc2ccccc2Cl)c1. The smallest absolute Gasteiger partial charge is 0.294 e. The predicted octanol–water partition coefficient (Wildman–Crippen LogP) is 4.87. The number of anilines is 1. The molecule has 0 aliphatic rings. The van der Waals surface area contributed by atoms with E-state index in [-0.39, 0.29) is 9.77 Å². The molecule has 0 aliphatic carbocycles. The van der Waals surface area contributed by atoms with Crippen molar-refractivity contribution in [3.05, 3.63) is 92.5 Å². The maximum atomic E-state index is 12.8. The number of sulfonamides is 1. The lowest BCUT2D eigenvalue weighted by Gasteiger charge is -2.09. The molecule has 1 aromatic heterocycles. The van der Waals surface area contributed by atoms with Crippen LogP contribution < -0.4 is 9.60 Å². The molecule has 0 saturated heterocycles. The van der Waals surface area contributed by atoms with Gasteiger partial charge in [-0.3, -0.25) is 14.1 Å². The number of hydrogen-bond acceptors (Lipinski definition) is 4. The largest absolute Gasteiger partial charge is 0.308 e. The molecule has 29 heavy (non-hydrogen) atoms. The van der Waals surface area contributed by atoms with Gasteiger partial charge in [0.05, 0.1) is 21.7 Å². The highest BCUT2D eigenvalue weighted by molar-refractivity contribution is 7.92. The van der Waals surface area contributed by atoms with E-state index in [1.54, 1.807) is 34.9 Å². The third-order valence-electron chi connectivity index (χ3n) is 4.51. The molecule has 1 N–H and O–H groups in total. The van der Waals surface area contributed by atoms with E-state index >= 15 is 0 Å². The molecule has 8 heteroatoms. The van der Waals surface area contributed by atoms with Crippen LogP contribution in [0.25, 0.3) is 10.2 Å². The van der Waals surface area contributed by atoms with Crippen LogP contribution in [0.3, 0.4) is 0 Å². The Morgan fingerprint density at radius 1 is 1.03 bits per heavy atom. The van der Waals surface area contributed by atoms with Crippen LogP contribution in [0, 0.1) is 6.92 Å². The molecular weight excluding hydrogens is 428 g/mol. The summed E-state index contributed by atoms with van der Waals surface area (Å²) in [4.78, 5) is 12.5. The number of halogens is 1.